The van der Waals surface area contributed by atoms with Gasteiger partial charge < -0.3 is 20.3 Å². The zero-order valence-corrected chi connectivity index (χ0v) is 24.4. The predicted octanol–water partition coefficient (Wildman–Crippen LogP) is 5.84. The fourth-order valence-corrected chi connectivity index (χ4v) is 4.21. The van der Waals surface area contributed by atoms with Gasteiger partial charge in [0.2, 0.25) is 11.8 Å². The van der Waals surface area contributed by atoms with E-state index in [0.29, 0.717) is 13.0 Å². The first-order valence-corrected chi connectivity index (χ1v) is 13.5. The Labute approximate surface area is 228 Å². The van der Waals surface area contributed by atoms with E-state index in [-0.39, 0.29) is 23.8 Å². The third kappa shape index (κ3) is 8.61. The number of amides is 3. The molecule has 208 valence electrons. The Morgan fingerprint density at radius 1 is 0.947 bits per heavy atom. The minimum absolute atomic E-state index is 0.177. The molecule has 0 aliphatic heterocycles. The van der Waals surface area contributed by atoms with Crippen LogP contribution in [0.15, 0.2) is 48.5 Å². The van der Waals surface area contributed by atoms with E-state index in [1.54, 1.807) is 25.7 Å². The molecule has 3 atom stereocenters. The molecule has 0 aromatic heterocycles. The summed E-state index contributed by atoms with van der Waals surface area (Å²) in [5, 5.41) is 5.83. The van der Waals surface area contributed by atoms with E-state index in [4.69, 9.17) is 4.74 Å². The molecule has 7 nitrogen and oxygen atoms in total. The smallest absolute Gasteiger partial charge is 0.408 e. The van der Waals surface area contributed by atoms with Crippen LogP contribution in [0.1, 0.15) is 83.2 Å². The molecule has 0 aliphatic rings. The summed E-state index contributed by atoms with van der Waals surface area (Å²) in [5.74, 6) is -0.776. The summed E-state index contributed by atoms with van der Waals surface area (Å²) in [4.78, 5) is 42.3. The van der Waals surface area contributed by atoms with Crippen molar-refractivity contribution >= 4 is 17.9 Å². The van der Waals surface area contributed by atoms with Gasteiger partial charge in [0.1, 0.15) is 17.7 Å². The van der Waals surface area contributed by atoms with E-state index in [1.807, 2.05) is 90.1 Å². The number of hydrogen-bond acceptors (Lipinski definition) is 4. The van der Waals surface area contributed by atoms with Gasteiger partial charge in [-0.3, -0.25) is 9.59 Å². The Morgan fingerprint density at radius 3 is 2.11 bits per heavy atom. The highest BCUT2D eigenvalue weighted by molar-refractivity contribution is 5.92. The molecule has 7 heteroatoms. The number of ether oxygens (including phenoxy) is 1. The lowest BCUT2D eigenvalue weighted by molar-refractivity contribution is -0.145. The van der Waals surface area contributed by atoms with Gasteiger partial charge in [-0.2, -0.15) is 0 Å². The molecule has 0 heterocycles. The lowest BCUT2D eigenvalue weighted by Crippen LogP contribution is -2.56. The van der Waals surface area contributed by atoms with Crippen LogP contribution in [-0.4, -0.2) is 40.5 Å². The summed E-state index contributed by atoms with van der Waals surface area (Å²) in [6.07, 6.45) is 0.00300. The number of carbonyl (C=O) groups excluding carboxylic acids is 3. The van der Waals surface area contributed by atoms with Crippen molar-refractivity contribution in [1.82, 2.24) is 15.5 Å². The maximum atomic E-state index is 14.2. The molecule has 38 heavy (non-hydrogen) atoms. The largest absolute Gasteiger partial charge is 0.444 e. The lowest BCUT2D eigenvalue weighted by atomic mass is 9.94. The topological polar surface area (TPSA) is 87.7 Å². The predicted molar refractivity (Wildman–Crippen MR) is 152 cm³/mol. The molecule has 0 radical (unpaired) electrons. The first-order chi connectivity index (χ1) is 17.7. The SMILES string of the molecule is CCC(C)C(NC(=O)OC(C)(C)C)C(=O)N(C(C)C)C(C(=O)NCc1ccccc1)c1ccc(C)c(C)c1. The molecular weight excluding hydrogens is 478 g/mol. The highest BCUT2D eigenvalue weighted by atomic mass is 16.6. The summed E-state index contributed by atoms with van der Waals surface area (Å²) >= 11 is 0. The van der Waals surface area contributed by atoms with Crippen molar-refractivity contribution in [2.45, 2.75) is 99.0 Å². The van der Waals surface area contributed by atoms with Crippen LogP contribution < -0.4 is 10.6 Å². The van der Waals surface area contributed by atoms with Gasteiger partial charge in [0.15, 0.2) is 0 Å². The second-order valence-electron chi connectivity index (χ2n) is 11.3. The van der Waals surface area contributed by atoms with Gasteiger partial charge in [-0.25, -0.2) is 4.79 Å². The Balaban J connectivity index is 2.50. The van der Waals surface area contributed by atoms with Crippen LogP contribution in [0.4, 0.5) is 4.79 Å². The van der Waals surface area contributed by atoms with E-state index < -0.39 is 23.8 Å². The molecule has 0 bridgehead atoms. The molecule has 0 fully saturated rings. The summed E-state index contributed by atoms with van der Waals surface area (Å²) in [6.45, 7) is 17.3. The Morgan fingerprint density at radius 2 is 1.58 bits per heavy atom. The average molecular weight is 524 g/mol. The second-order valence-corrected chi connectivity index (χ2v) is 11.3. The lowest BCUT2D eigenvalue weighted by Gasteiger charge is -2.38. The third-order valence-corrected chi connectivity index (χ3v) is 6.64. The van der Waals surface area contributed by atoms with Gasteiger partial charge in [-0.15, -0.1) is 0 Å². The quantitative estimate of drug-likeness (QED) is 0.410. The maximum absolute atomic E-state index is 14.2. The van der Waals surface area contributed by atoms with Crippen LogP contribution in [-0.2, 0) is 20.9 Å². The van der Waals surface area contributed by atoms with Crippen LogP contribution in [0, 0.1) is 19.8 Å². The molecule has 2 aromatic carbocycles. The van der Waals surface area contributed by atoms with Gasteiger partial charge >= 0.3 is 6.09 Å². The fraction of sp³-hybridized carbons (Fsp3) is 0.516. The minimum atomic E-state index is -0.877. The van der Waals surface area contributed by atoms with Crippen molar-refractivity contribution in [3.05, 3.63) is 70.8 Å². The third-order valence-electron chi connectivity index (χ3n) is 6.64. The van der Waals surface area contributed by atoms with E-state index in [0.717, 1.165) is 22.3 Å². The van der Waals surface area contributed by atoms with E-state index in [9.17, 15) is 14.4 Å². The molecule has 2 rings (SSSR count). The van der Waals surface area contributed by atoms with Crippen LogP contribution in [0.25, 0.3) is 0 Å². The number of benzene rings is 2. The van der Waals surface area contributed by atoms with Crippen molar-refractivity contribution in [3.8, 4) is 0 Å². The first-order valence-electron chi connectivity index (χ1n) is 13.5. The Kier molecular flexibility index (Phi) is 10.9. The second kappa shape index (κ2) is 13.4. The number of carbonyl (C=O) groups is 3. The van der Waals surface area contributed by atoms with Gasteiger partial charge in [-0.1, -0.05) is 68.8 Å². The normalized spacial score (nSPS) is 13.8. The summed E-state index contributed by atoms with van der Waals surface area (Å²) in [7, 11) is 0. The summed E-state index contributed by atoms with van der Waals surface area (Å²) < 4.78 is 5.46. The highest BCUT2D eigenvalue weighted by Crippen LogP contribution is 2.28. The number of nitrogens with one attached hydrogen (secondary N) is 2. The molecule has 3 unspecified atom stereocenters. The molecule has 2 aromatic rings. The van der Waals surface area contributed by atoms with E-state index in [2.05, 4.69) is 10.6 Å². The average Bonchev–Trinajstić information content (AvgIpc) is 2.84. The maximum Gasteiger partial charge on any atom is 0.408 e. The van der Waals surface area contributed by atoms with Gasteiger partial charge in [0.25, 0.3) is 0 Å². The molecule has 0 spiro atoms. The number of hydrogen-bond donors (Lipinski definition) is 2. The van der Waals surface area contributed by atoms with Crippen LogP contribution in [0.3, 0.4) is 0 Å². The standard InChI is InChI=1S/C31H45N3O4/c1-10-21(4)26(33-30(37)38-31(7,8)9)29(36)34(20(2)3)27(25-17-16-22(5)23(6)18-25)28(35)32-19-24-14-12-11-13-15-24/h11-18,20-21,26-27H,10,19H2,1-9H3,(H,32,35)(H,33,37). The number of nitrogens with zero attached hydrogens (tertiary/aromatic N) is 1. The summed E-state index contributed by atoms with van der Waals surface area (Å²) in [6, 6.07) is 13.4. The Bertz CT molecular complexity index is 1090. The van der Waals surface area contributed by atoms with Gasteiger partial charge in [0.05, 0.1) is 0 Å². The van der Waals surface area contributed by atoms with Gasteiger partial charge in [0, 0.05) is 12.6 Å². The molecule has 0 saturated heterocycles. The van der Waals surface area contributed by atoms with Crippen molar-refractivity contribution in [2.75, 3.05) is 0 Å². The number of alkyl carbamates (subject to hydrolysis) is 1. The molecule has 3 amide bonds. The molecule has 0 saturated carbocycles. The number of aryl methyl sites for hydroxylation is 2. The van der Waals surface area contributed by atoms with E-state index >= 15 is 0 Å². The highest BCUT2D eigenvalue weighted by Gasteiger charge is 2.39. The number of rotatable bonds is 10. The van der Waals surface area contributed by atoms with Gasteiger partial charge in [-0.05, 0) is 76.6 Å². The van der Waals surface area contributed by atoms with Crippen LogP contribution in [0.5, 0.6) is 0 Å². The molecule has 0 aliphatic carbocycles. The van der Waals surface area contributed by atoms with Crippen molar-refractivity contribution in [2.24, 2.45) is 5.92 Å². The molecular formula is C31H45N3O4. The first kappa shape index (κ1) is 30.9. The zero-order chi connectivity index (χ0) is 28.6. The van der Waals surface area contributed by atoms with Crippen LogP contribution in [0.2, 0.25) is 0 Å². The van der Waals surface area contributed by atoms with Crippen molar-refractivity contribution in [1.29, 1.82) is 0 Å². The van der Waals surface area contributed by atoms with E-state index in [1.165, 1.54) is 0 Å². The summed E-state index contributed by atoms with van der Waals surface area (Å²) in [5.41, 5.74) is 3.12. The minimum Gasteiger partial charge on any atom is -0.444 e. The monoisotopic (exact) mass is 523 g/mol. The van der Waals surface area contributed by atoms with Crippen molar-refractivity contribution in [3.63, 3.8) is 0 Å². The zero-order valence-electron chi connectivity index (χ0n) is 24.4. The molecule has 2 N–H and O–H groups in total. The fourth-order valence-electron chi connectivity index (χ4n) is 4.21. The Hall–Kier alpha value is -3.35. The van der Waals surface area contributed by atoms with Crippen molar-refractivity contribution < 1.29 is 19.1 Å². The van der Waals surface area contributed by atoms with Crippen LogP contribution >= 0.6 is 0 Å².